The molecule has 0 saturated carbocycles. The third-order valence-corrected chi connectivity index (χ3v) is 7.26. The van der Waals surface area contributed by atoms with Crippen LogP contribution in [0.15, 0.2) is 72.5 Å². The van der Waals surface area contributed by atoms with Gasteiger partial charge in [-0.3, -0.25) is 14.8 Å². The number of nitrogens with one attached hydrogen (secondary N) is 1. The minimum absolute atomic E-state index is 0.0448. The minimum Gasteiger partial charge on any atom is -0.355 e. The molecule has 174 valence electrons. The number of fused-ring (bicyclic) bond motifs is 2. The van der Waals surface area contributed by atoms with Gasteiger partial charge in [0.2, 0.25) is 0 Å². The molecule has 0 spiro atoms. The fourth-order valence-electron chi connectivity index (χ4n) is 4.39. The van der Waals surface area contributed by atoms with Gasteiger partial charge in [0.15, 0.2) is 0 Å². The molecule has 3 aromatic heterocycles. The van der Waals surface area contributed by atoms with E-state index in [4.69, 9.17) is 0 Å². The summed E-state index contributed by atoms with van der Waals surface area (Å²) in [7, 11) is 2.08. The molecular weight excluding hydrogens is 456 g/mol. The second kappa shape index (κ2) is 9.05. The van der Waals surface area contributed by atoms with Gasteiger partial charge in [0.1, 0.15) is 0 Å². The maximum atomic E-state index is 12.9. The maximum Gasteiger partial charge on any atom is 0.255 e. The van der Waals surface area contributed by atoms with Crippen molar-refractivity contribution < 1.29 is 4.79 Å². The predicted molar refractivity (Wildman–Crippen MR) is 141 cm³/mol. The van der Waals surface area contributed by atoms with Crippen LogP contribution in [0.5, 0.6) is 0 Å². The van der Waals surface area contributed by atoms with E-state index in [-0.39, 0.29) is 5.91 Å². The van der Waals surface area contributed by atoms with Crippen molar-refractivity contribution in [2.24, 2.45) is 0 Å². The largest absolute Gasteiger partial charge is 0.355 e. The van der Waals surface area contributed by atoms with Crippen LogP contribution in [-0.4, -0.2) is 63.9 Å². The Balaban J connectivity index is 1.27. The molecule has 2 aromatic carbocycles. The number of anilines is 2. The number of benzene rings is 2. The second-order valence-corrected chi connectivity index (χ2v) is 9.66. The third kappa shape index (κ3) is 4.34. The molecule has 35 heavy (non-hydrogen) atoms. The van der Waals surface area contributed by atoms with Crippen molar-refractivity contribution in [3.63, 3.8) is 0 Å². The molecule has 4 heterocycles. The minimum atomic E-state index is 0.0448. The van der Waals surface area contributed by atoms with Crippen molar-refractivity contribution in [1.29, 1.82) is 0 Å². The highest BCUT2D eigenvalue weighted by Crippen LogP contribution is 2.30. The summed E-state index contributed by atoms with van der Waals surface area (Å²) in [6, 6.07) is 18.1. The van der Waals surface area contributed by atoms with Crippen molar-refractivity contribution in [3.8, 4) is 11.3 Å². The third-order valence-electron chi connectivity index (χ3n) is 6.45. The van der Waals surface area contributed by atoms with Gasteiger partial charge in [-0.15, -0.1) is 11.3 Å². The average Bonchev–Trinajstić information content (AvgIpc) is 3.37. The topological polar surface area (TPSA) is 74.2 Å². The molecule has 1 saturated heterocycles. The summed E-state index contributed by atoms with van der Waals surface area (Å²) < 4.78 is 1.16. The monoisotopic (exact) mass is 480 g/mol. The van der Waals surface area contributed by atoms with E-state index in [0.29, 0.717) is 5.56 Å². The Morgan fingerprint density at radius 2 is 1.80 bits per heavy atom. The molecule has 0 aliphatic carbocycles. The van der Waals surface area contributed by atoms with Crippen LogP contribution in [0.3, 0.4) is 0 Å². The van der Waals surface area contributed by atoms with Gasteiger partial charge in [0, 0.05) is 60.9 Å². The van der Waals surface area contributed by atoms with E-state index in [1.54, 1.807) is 17.5 Å². The lowest BCUT2D eigenvalue weighted by Gasteiger charge is -2.32. The molecule has 1 aliphatic rings. The highest BCUT2D eigenvalue weighted by atomic mass is 32.1. The van der Waals surface area contributed by atoms with Crippen LogP contribution in [0, 0.1) is 0 Å². The number of likely N-dealkylation sites (N-methyl/N-ethyl adjacent to an activating group) is 1. The molecule has 1 N–H and O–H groups in total. The van der Waals surface area contributed by atoms with Gasteiger partial charge in [0.05, 0.1) is 32.5 Å². The number of hydrogen-bond donors (Lipinski definition) is 1. The molecule has 7 nitrogen and oxygen atoms in total. The number of carbonyl (C=O) groups excluding carboxylic acids is 1. The number of hydrogen-bond acceptors (Lipinski definition) is 7. The number of rotatable bonds is 4. The molecule has 0 radical (unpaired) electrons. The van der Waals surface area contributed by atoms with Crippen molar-refractivity contribution >= 4 is 49.7 Å². The first kappa shape index (κ1) is 21.6. The van der Waals surface area contributed by atoms with Crippen LogP contribution < -0.4 is 5.32 Å². The van der Waals surface area contributed by atoms with E-state index in [9.17, 15) is 4.79 Å². The zero-order chi connectivity index (χ0) is 23.8. The van der Waals surface area contributed by atoms with Gasteiger partial charge in [-0.05, 0) is 55.6 Å². The Bertz CT molecular complexity index is 1520. The summed E-state index contributed by atoms with van der Waals surface area (Å²) in [5, 5.41) is 4.52. The van der Waals surface area contributed by atoms with E-state index in [1.807, 2.05) is 46.9 Å². The maximum absolute atomic E-state index is 12.9. The summed E-state index contributed by atoms with van der Waals surface area (Å²) in [4.78, 5) is 30.6. The average molecular weight is 481 g/mol. The first-order valence-corrected chi connectivity index (χ1v) is 12.5. The molecule has 5 aromatic rings. The molecule has 6 rings (SSSR count). The summed E-state index contributed by atoms with van der Waals surface area (Å²) in [5.74, 6) is 0.0448. The number of aromatic nitrogens is 3. The fraction of sp³-hybridized carbons (Fsp3) is 0.185. The molecule has 0 atom stereocenters. The lowest BCUT2D eigenvalue weighted by Crippen LogP contribution is -2.47. The molecular formula is C27H24N6OS. The van der Waals surface area contributed by atoms with Gasteiger partial charge in [-0.2, -0.15) is 0 Å². The first-order valence-electron chi connectivity index (χ1n) is 11.6. The van der Waals surface area contributed by atoms with Crippen molar-refractivity contribution in [2.45, 2.75) is 0 Å². The lowest BCUT2D eigenvalue weighted by molar-refractivity contribution is 0.0663. The molecule has 1 fully saturated rings. The Labute approximate surface area is 207 Å². The standard InChI is InChI=1S/C27H24N6OS/c1-32-10-12-33(13-11-32)27(34)19-3-5-22(29-16-19)18-2-6-23-21(14-18)24(8-9-28-23)31-20-4-7-26-25(15-20)30-17-35-26/h2-9,14-17H,10-13H2,1H3,(H,28,31). The Morgan fingerprint density at radius 3 is 2.63 bits per heavy atom. The Kier molecular flexibility index (Phi) is 5.60. The number of pyridine rings is 2. The van der Waals surface area contributed by atoms with Crippen LogP contribution in [0.4, 0.5) is 11.4 Å². The number of thiazole rings is 1. The van der Waals surface area contributed by atoms with Gasteiger partial charge in [-0.25, -0.2) is 4.98 Å². The van der Waals surface area contributed by atoms with Gasteiger partial charge in [-0.1, -0.05) is 6.07 Å². The Hall–Kier alpha value is -3.88. The number of amides is 1. The smallest absolute Gasteiger partial charge is 0.255 e. The molecule has 1 aliphatic heterocycles. The van der Waals surface area contributed by atoms with Crippen molar-refractivity contribution in [2.75, 3.05) is 38.5 Å². The number of carbonyl (C=O) groups is 1. The van der Waals surface area contributed by atoms with Crippen molar-refractivity contribution in [1.82, 2.24) is 24.8 Å². The second-order valence-electron chi connectivity index (χ2n) is 8.78. The first-order chi connectivity index (χ1) is 17.1. The van der Waals surface area contributed by atoms with Crippen LogP contribution in [0.25, 0.3) is 32.4 Å². The summed E-state index contributed by atoms with van der Waals surface area (Å²) in [6.45, 7) is 3.30. The molecule has 0 bridgehead atoms. The summed E-state index contributed by atoms with van der Waals surface area (Å²) in [5.41, 5.74) is 8.10. The van der Waals surface area contributed by atoms with Gasteiger partial charge >= 0.3 is 0 Å². The fourth-order valence-corrected chi connectivity index (χ4v) is 5.05. The molecule has 0 unspecified atom stereocenters. The van der Waals surface area contributed by atoms with Gasteiger partial charge < -0.3 is 15.1 Å². The van der Waals surface area contributed by atoms with E-state index in [0.717, 1.165) is 69.9 Å². The van der Waals surface area contributed by atoms with Gasteiger partial charge in [0.25, 0.3) is 5.91 Å². The summed E-state index contributed by atoms with van der Waals surface area (Å²) in [6.07, 6.45) is 3.49. The Morgan fingerprint density at radius 1 is 0.914 bits per heavy atom. The summed E-state index contributed by atoms with van der Waals surface area (Å²) >= 11 is 1.63. The molecule has 8 heteroatoms. The number of nitrogens with zero attached hydrogens (tertiary/aromatic N) is 5. The lowest BCUT2D eigenvalue weighted by atomic mass is 10.1. The van der Waals surface area contributed by atoms with Crippen LogP contribution >= 0.6 is 11.3 Å². The molecule has 1 amide bonds. The van der Waals surface area contributed by atoms with Crippen LogP contribution in [-0.2, 0) is 0 Å². The zero-order valence-electron chi connectivity index (χ0n) is 19.3. The highest BCUT2D eigenvalue weighted by Gasteiger charge is 2.20. The van der Waals surface area contributed by atoms with Crippen LogP contribution in [0.1, 0.15) is 10.4 Å². The zero-order valence-corrected chi connectivity index (χ0v) is 20.1. The van der Waals surface area contributed by atoms with E-state index in [1.165, 1.54) is 0 Å². The highest BCUT2D eigenvalue weighted by molar-refractivity contribution is 7.16. The van der Waals surface area contributed by atoms with Crippen molar-refractivity contribution in [3.05, 3.63) is 78.1 Å². The van der Waals surface area contributed by atoms with E-state index in [2.05, 4.69) is 56.5 Å². The SMILES string of the molecule is CN1CCN(C(=O)c2ccc(-c3ccc4nccc(Nc5ccc6scnc6c5)c4c3)nc2)CC1. The van der Waals surface area contributed by atoms with E-state index < -0.39 is 0 Å². The normalized spacial score (nSPS) is 14.5. The van der Waals surface area contributed by atoms with E-state index >= 15 is 0 Å². The van der Waals surface area contributed by atoms with Crippen LogP contribution in [0.2, 0.25) is 0 Å². The predicted octanol–water partition coefficient (Wildman–Crippen LogP) is 5.04. The quantitative estimate of drug-likeness (QED) is 0.389. The number of piperazine rings is 1.